The fourth-order valence-electron chi connectivity index (χ4n) is 2.78. The third-order valence-corrected chi connectivity index (χ3v) is 4.62. The molecule has 130 valence electrons. The van der Waals surface area contributed by atoms with Crippen molar-refractivity contribution < 1.29 is 0 Å². The van der Waals surface area contributed by atoms with Crippen molar-refractivity contribution in [2.45, 2.75) is 6.54 Å². The van der Waals surface area contributed by atoms with E-state index in [1.165, 1.54) is 0 Å². The van der Waals surface area contributed by atoms with Gasteiger partial charge in [-0.3, -0.25) is 9.36 Å². The van der Waals surface area contributed by atoms with Gasteiger partial charge in [0, 0.05) is 24.2 Å². The molecule has 1 aromatic carbocycles. The maximum atomic E-state index is 13.0. The van der Waals surface area contributed by atoms with Gasteiger partial charge >= 0.3 is 0 Å². The van der Waals surface area contributed by atoms with Crippen LogP contribution in [0.15, 0.2) is 64.3 Å². The van der Waals surface area contributed by atoms with E-state index in [-0.39, 0.29) is 5.56 Å². The van der Waals surface area contributed by atoms with Gasteiger partial charge in [0.05, 0.1) is 11.9 Å². The van der Waals surface area contributed by atoms with Gasteiger partial charge in [-0.2, -0.15) is 5.10 Å². The molecule has 0 aliphatic heterocycles. The predicted octanol–water partition coefficient (Wildman–Crippen LogP) is 3.65. The van der Waals surface area contributed by atoms with E-state index in [0.29, 0.717) is 33.9 Å². The Labute approximate surface area is 162 Å². The van der Waals surface area contributed by atoms with Crippen molar-refractivity contribution in [2.24, 2.45) is 0 Å². The van der Waals surface area contributed by atoms with Crippen LogP contribution in [-0.2, 0) is 6.54 Å². The molecule has 0 fully saturated rings. The monoisotopic (exact) mass is 429 g/mol. The Morgan fingerprint density at radius 3 is 2.58 bits per heavy atom. The standard InChI is InChI=1S/C18H13BrClN5O/c19-15-7-6-12(10-21-15)16-23-17-14(18(26)24(16)9-8-20)11-22-25(17)13-4-2-1-3-5-13/h1-7,10-11H,8-9H2. The van der Waals surface area contributed by atoms with Gasteiger partial charge in [0.2, 0.25) is 0 Å². The van der Waals surface area contributed by atoms with Gasteiger partial charge in [-0.05, 0) is 40.2 Å². The second-order valence-electron chi connectivity index (χ2n) is 5.58. The lowest BCUT2D eigenvalue weighted by Crippen LogP contribution is -2.24. The molecule has 0 atom stereocenters. The Balaban J connectivity index is 2.01. The third kappa shape index (κ3) is 2.93. The number of halogens is 2. The number of alkyl halides is 1. The minimum absolute atomic E-state index is 0.171. The number of aromatic nitrogens is 5. The van der Waals surface area contributed by atoms with Crippen LogP contribution >= 0.6 is 27.5 Å². The van der Waals surface area contributed by atoms with Gasteiger partial charge in [0.1, 0.15) is 15.8 Å². The molecule has 0 N–H and O–H groups in total. The Morgan fingerprint density at radius 2 is 1.88 bits per heavy atom. The lowest BCUT2D eigenvalue weighted by Gasteiger charge is -2.12. The summed E-state index contributed by atoms with van der Waals surface area (Å²) in [5.74, 6) is 0.817. The van der Waals surface area contributed by atoms with Crippen LogP contribution in [0.2, 0.25) is 0 Å². The number of pyridine rings is 1. The Morgan fingerprint density at radius 1 is 1.08 bits per heavy atom. The van der Waals surface area contributed by atoms with Gasteiger partial charge < -0.3 is 0 Å². The summed E-state index contributed by atoms with van der Waals surface area (Å²) < 4.78 is 3.94. The molecule has 0 aliphatic rings. The van der Waals surface area contributed by atoms with Crippen molar-refractivity contribution in [3.05, 3.63) is 69.8 Å². The van der Waals surface area contributed by atoms with E-state index in [4.69, 9.17) is 16.6 Å². The number of hydrogen-bond donors (Lipinski definition) is 0. The Bertz CT molecular complexity index is 1120. The molecule has 0 saturated heterocycles. The van der Waals surface area contributed by atoms with Crippen LogP contribution in [0.3, 0.4) is 0 Å². The molecule has 26 heavy (non-hydrogen) atoms. The number of fused-ring (bicyclic) bond motifs is 1. The van der Waals surface area contributed by atoms with E-state index in [0.717, 1.165) is 11.3 Å². The fourth-order valence-corrected chi connectivity index (χ4v) is 3.18. The molecule has 0 unspecified atom stereocenters. The molecule has 0 spiro atoms. The summed E-state index contributed by atoms with van der Waals surface area (Å²) >= 11 is 9.24. The summed E-state index contributed by atoms with van der Waals surface area (Å²) in [5.41, 5.74) is 1.91. The van der Waals surface area contributed by atoms with Crippen molar-refractivity contribution in [1.29, 1.82) is 0 Å². The number of hydrogen-bond acceptors (Lipinski definition) is 4. The zero-order valence-corrected chi connectivity index (χ0v) is 15.9. The van der Waals surface area contributed by atoms with Crippen LogP contribution < -0.4 is 5.56 Å². The average molecular weight is 431 g/mol. The van der Waals surface area contributed by atoms with E-state index in [2.05, 4.69) is 26.0 Å². The topological polar surface area (TPSA) is 65.6 Å². The molecule has 0 amide bonds. The summed E-state index contributed by atoms with van der Waals surface area (Å²) in [6, 6.07) is 13.3. The van der Waals surface area contributed by atoms with Crippen molar-refractivity contribution >= 4 is 38.6 Å². The first-order valence-corrected chi connectivity index (χ1v) is 9.23. The average Bonchev–Trinajstić information content (AvgIpc) is 3.10. The summed E-state index contributed by atoms with van der Waals surface area (Å²) in [4.78, 5) is 22.0. The van der Waals surface area contributed by atoms with Gasteiger partial charge in [-0.15, -0.1) is 11.6 Å². The summed E-state index contributed by atoms with van der Waals surface area (Å²) in [6.07, 6.45) is 3.22. The fraction of sp³-hybridized carbons (Fsp3) is 0.111. The number of rotatable bonds is 4. The van der Waals surface area contributed by atoms with Gasteiger partial charge in [-0.1, -0.05) is 18.2 Å². The molecule has 0 bridgehead atoms. The molecular formula is C18H13BrClN5O. The highest BCUT2D eigenvalue weighted by atomic mass is 79.9. The van der Waals surface area contributed by atoms with E-state index in [9.17, 15) is 4.79 Å². The second-order valence-corrected chi connectivity index (χ2v) is 6.77. The molecular weight excluding hydrogens is 418 g/mol. The Kier molecular flexibility index (Phi) is 4.57. The lowest BCUT2D eigenvalue weighted by atomic mass is 10.2. The molecule has 0 radical (unpaired) electrons. The molecule has 0 aliphatic carbocycles. The van der Waals surface area contributed by atoms with Crippen LogP contribution in [0.1, 0.15) is 0 Å². The number of benzene rings is 1. The largest absolute Gasteiger partial charge is 0.291 e. The number of nitrogens with zero attached hydrogens (tertiary/aromatic N) is 5. The molecule has 4 rings (SSSR count). The van der Waals surface area contributed by atoms with Crippen LogP contribution in [0.25, 0.3) is 28.1 Å². The SMILES string of the molecule is O=c1c2cnn(-c3ccccc3)c2nc(-c2ccc(Br)nc2)n1CCCl. The zero-order valence-electron chi connectivity index (χ0n) is 13.5. The van der Waals surface area contributed by atoms with E-state index in [1.54, 1.807) is 21.6 Å². The van der Waals surface area contributed by atoms with E-state index in [1.807, 2.05) is 42.5 Å². The zero-order chi connectivity index (χ0) is 18.1. The van der Waals surface area contributed by atoms with Crippen LogP contribution in [0.4, 0.5) is 0 Å². The summed E-state index contributed by atoms with van der Waals surface area (Å²) in [5, 5.41) is 4.81. The van der Waals surface area contributed by atoms with Crippen LogP contribution in [0, 0.1) is 0 Å². The smallest absolute Gasteiger partial charge is 0.264 e. The molecule has 6 nitrogen and oxygen atoms in total. The van der Waals surface area contributed by atoms with Crippen molar-refractivity contribution in [2.75, 3.05) is 5.88 Å². The maximum absolute atomic E-state index is 13.0. The first-order valence-electron chi connectivity index (χ1n) is 7.91. The van der Waals surface area contributed by atoms with E-state index >= 15 is 0 Å². The number of para-hydroxylation sites is 1. The van der Waals surface area contributed by atoms with E-state index < -0.39 is 0 Å². The minimum atomic E-state index is -0.171. The van der Waals surface area contributed by atoms with Gasteiger partial charge in [0.25, 0.3) is 5.56 Å². The van der Waals surface area contributed by atoms with Crippen molar-refractivity contribution in [1.82, 2.24) is 24.3 Å². The third-order valence-electron chi connectivity index (χ3n) is 3.98. The predicted molar refractivity (Wildman–Crippen MR) is 105 cm³/mol. The summed E-state index contributed by atoms with van der Waals surface area (Å²) in [6.45, 7) is 0.352. The highest BCUT2D eigenvalue weighted by Crippen LogP contribution is 2.21. The molecule has 8 heteroatoms. The van der Waals surface area contributed by atoms with Crippen LogP contribution in [0.5, 0.6) is 0 Å². The van der Waals surface area contributed by atoms with Crippen molar-refractivity contribution in [3.63, 3.8) is 0 Å². The van der Waals surface area contributed by atoms with Crippen LogP contribution in [-0.4, -0.2) is 30.2 Å². The van der Waals surface area contributed by atoms with Gasteiger partial charge in [-0.25, -0.2) is 14.6 Å². The van der Waals surface area contributed by atoms with Gasteiger partial charge in [0.15, 0.2) is 5.65 Å². The molecule has 0 saturated carbocycles. The second kappa shape index (κ2) is 7.01. The first-order chi connectivity index (χ1) is 12.7. The van der Waals surface area contributed by atoms with Crippen molar-refractivity contribution in [3.8, 4) is 17.1 Å². The summed E-state index contributed by atoms with van der Waals surface area (Å²) in [7, 11) is 0. The molecule has 4 aromatic rings. The lowest BCUT2D eigenvalue weighted by molar-refractivity contribution is 0.730. The molecule has 3 heterocycles. The highest BCUT2D eigenvalue weighted by Gasteiger charge is 2.17. The first kappa shape index (κ1) is 16.9. The normalized spacial score (nSPS) is 11.2. The highest BCUT2D eigenvalue weighted by molar-refractivity contribution is 9.10. The molecule has 3 aromatic heterocycles. The Hall–Kier alpha value is -2.51. The minimum Gasteiger partial charge on any atom is -0.291 e. The maximum Gasteiger partial charge on any atom is 0.264 e. The quantitative estimate of drug-likeness (QED) is 0.366.